The molecule has 1 aromatic heterocycles. The Hall–Kier alpha value is -2.43. The first kappa shape index (κ1) is 16.1. The molecule has 1 fully saturated rings. The van der Waals surface area contributed by atoms with Crippen molar-refractivity contribution in [3.63, 3.8) is 0 Å². The van der Waals surface area contributed by atoms with Gasteiger partial charge in [-0.15, -0.1) is 0 Å². The number of fused-ring (bicyclic) bond motifs is 1. The van der Waals surface area contributed by atoms with Crippen molar-refractivity contribution in [3.05, 3.63) is 47.8 Å². The molecular formula is C20H24N4O. The summed E-state index contributed by atoms with van der Waals surface area (Å²) in [6.07, 6.45) is 8.64. The van der Waals surface area contributed by atoms with Gasteiger partial charge in [0.1, 0.15) is 0 Å². The first-order valence-corrected chi connectivity index (χ1v) is 9.25. The highest BCUT2D eigenvalue weighted by molar-refractivity contribution is 5.75. The fraction of sp³-hybridized carbons (Fsp3) is 0.450. The second-order valence-electron chi connectivity index (χ2n) is 6.99. The van der Waals surface area contributed by atoms with E-state index < -0.39 is 0 Å². The van der Waals surface area contributed by atoms with Crippen molar-refractivity contribution in [1.29, 1.82) is 0 Å². The van der Waals surface area contributed by atoms with Crippen molar-refractivity contribution in [3.8, 4) is 11.4 Å². The molecule has 2 aromatic rings. The molecule has 5 heteroatoms. The van der Waals surface area contributed by atoms with Gasteiger partial charge in [-0.25, -0.2) is 14.8 Å². The summed E-state index contributed by atoms with van der Waals surface area (Å²) in [5, 5.41) is 3.20. The number of carbonyl (C=O) groups is 1. The lowest BCUT2D eigenvalue weighted by atomic mass is 9.96. The van der Waals surface area contributed by atoms with Crippen LogP contribution in [0.1, 0.15) is 43.4 Å². The van der Waals surface area contributed by atoms with Gasteiger partial charge in [0, 0.05) is 36.3 Å². The van der Waals surface area contributed by atoms with Gasteiger partial charge in [-0.05, 0) is 12.8 Å². The van der Waals surface area contributed by atoms with Gasteiger partial charge in [0.05, 0.1) is 12.2 Å². The molecule has 130 valence electrons. The van der Waals surface area contributed by atoms with E-state index in [1.807, 2.05) is 41.4 Å². The zero-order chi connectivity index (χ0) is 17.1. The van der Waals surface area contributed by atoms with E-state index in [9.17, 15) is 4.79 Å². The SMILES string of the molecule is O=C(NC1CCCCC1)N1CCc2nc(-c3ccccc3)ncc2C1. The number of aromatic nitrogens is 2. The predicted octanol–water partition coefficient (Wildman–Crippen LogP) is 3.54. The molecule has 5 nitrogen and oxygen atoms in total. The maximum Gasteiger partial charge on any atom is 0.317 e. The van der Waals surface area contributed by atoms with Crippen LogP contribution in [0.3, 0.4) is 0 Å². The van der Waals surface area contributed by atoms with Gasteiger partial charge in [0.2, 0.25) is 0 Å². The van der Waals surface area contributed by atoms with Crippen LogP contribution in [0.25, 0.3) is 11.4 Å². The molecule has 25 heavy (non-hydrogen) atoms. The lowest BCUT2D eigenvalue weighted by Crippen LogP contribution is -2.47. The van der Waals surface area contributed by atoms with Crippen molar-refractivity contribution in [2.45, 2.75) is 51.1 Å². The molecule has 2 aliphatic rings. The molecule has 4 rings (SSSR count). The third-order valence-corrected chi connectivity index (χ3v) is 5.19. The molecule has 1 aliphatic heterocycles. The van der Waals surface area contributed by atoms with Crippen LogP contribution in [0.2, 0.25) is 0 Å². The molecule has 0 bridgehead atoms. The number of nitrogens with zero attached hydrogens (tertiary/aromatic N) is 3. The van der Waals surface area contributed by atoms with Crippen LogP contribution in [-0.4, -0.2) is 33.5 Å². The van der Waals surface area contributed by atoms with Crippen LogP contribution in [0.4, 0.5) is 4.79 Å². The topological polar surface area (TPSA) is 58.1 Å². The molecule has 0 radical (unpaired) electrons. The number of hydrogen-bond acceptors (Lipinski definition) is 3. The average molecular weight is 336 g/mol. The van der Waals surface area contributed by atoms with E-state index in [2.05, 4.69) is 10.3 Å². The number of urea groups is 1. The normalized spacial score (nSPS) is 17.8. The molecule has 2 amide bonds. The van der Waals surface area contributed by atoms with E-state index in [4.69, 9.17) is 4.98 Å². The Morgan fingerprint density at radius 3 is 2.72 bits per heavy atom. The third-order valence-electron chi connectivity index (χ3n) is 5.19. The van der Waals surface area contributed by atoms with E-state index in [0.29, 0.717) is 12.6 Å². The second kappa shape index (κ2) is 7.21. The number of benzene rings is 1. The van der Waals surface area contributed by atoms with Gasteiger partial charge in [-0.2, -0.15) is 0 Å². The van der Waals surface area contributed by atoms with E-state index in [1.54, 1.807) is 0 Å². The zero-order valence-corrected chi connectivity index (χ0v) is 14.4. The maximum absolute atomic E-state index is 12.5. The smallest absolute Gasteiger partial charge is 0.317 e. The van der Waals surface area contributed by atoms with Crippen LogP contribution in [0.5, 0.6) is 0 Å². The maximum atomic E-state index is 12.5. The highest BCUT2D eigenvalue weighted by Gasteiger charge is 2.24. The van der Waals surface area contributed by atoms with Gasteiger partial charge in [-0.3, -0.25) is 0 Å². The summed E-state index contributed by atoms with van der Waals surface area (Å²) in [5.41, 5.74) is 3.16. The molecule has 1 N–H and O–H groups in total. The number of hydrogen-bond donors (Lipinski definition) is 1. The molecule has 1 aromatic carbocycles. The summed E-state index contributed by atoms with van der Waals surface area (Å²) in [6.45, 7) is 1.32. The Kier molecular flexibility index (Phi) is 4.63. The third kappa shape index (κ3) is 3.65. The summed E-state index contributed by atoms with van der Waals surface area (Å²) in [7, 11) is 0. The Labute approximate surface area is 148 Å². The molecule has 1 saturated carbocycles. The molecule has 2 heterocycles. The molecule has 0 saturated heterocycles. The summed E-state index contributed by atoms with van der Waals surface area (Å²) in [5.74, 6) is 0.763. The minimum atomic E-state index is 0.0599. The fourth-order valence-electron chi connectivity index (χ4n) is 3.73. The van der Waals surface area contributed by atoms with Crippen molar-refractivity contribution < 1.29 is 4.79 Å². The Balaban J connectivity index is 1.43. The first-order chi connectivity index (χ1) is 12.3. The zero-order valence-electron chi connectivity index (χ0n) is 14.4. The highest BCUT2D eigenvalue weighted by atomic mass is 16.2. The van der Waals surface area contributed by atoms with Crippen LogP contribution in [0, 0.1) is 0 Å². The second-order valence-corrected chi connectivity index (χ2v) is 6.99. The number of nitrogens with one attached hydrogen (secondary N) is 1. The summed E-state index contributed by atoms with van der Waals surface area (Å²) in [6, 6.07) is 10.4. The van der Waals surface area contributed by atoms with Crippen molar-refractivity contribution in [2.75, 3.05) is 6.54 Å². The number of amides is 2. The minimum Gasteiger partial charge on any atom is -0.335 e. The van der Waals surface area contributed by atoms with Gasteiger partial charge < -0.3 is 10.2 Å². The Morgan fingerprint density at radius 1 is 1.12 bits per heavy atom. The molecule has 0 spiro atoms. The summed E-state index contributed by atoms with van der Waals surface area (Å²) >= 11 is 0. The van der Waals surface area contributed by atoms with Crippen LogP contribution in [0.15, 0.2) is 36.5 Å². The largest absolute Gasteiger partial charge is 0.335 e. The van der Waals surface area contributed by atoms with Crippen molar-refractivity contribution >= 4 is 6.03 Å². The standard InChI is InChI=1S/C20H24N4O/c25-20(22-17-9-5-2-6-10-17)24-12-11-18-16(14-24)13-21-19(23-18)15-7-3-1-4-8-15/h1,3-4,7-8,13,17H,2,5-6,9-12,14H2,(H,22,25). The average Bonchev–Trinajstić information content (AvgIpc) is 2.68. The van der Waals surface area contributed by atoms with E-state index in [1.165, 1.54) is 19.3 Å². The van der Waals surface area contributed by atoms with Gasteiger partial charge >= 0.3 is 6.03 Å². The summed E-state index contributed by atoms with van der Waals surface area (Å²) < 4.78 is 0. The fourth-order valence-corrected chi connectivity index (χ4v) is 3.73. The molecule has 0 atom stereocenters. The number of carbonyl (C=O) groups excluding carboxylic acids is 1. The summed E-state index contributed by atoms with van der Waals surface area (Å²) in [4.78, 5) is 23.7. The Morgan fingerprint density at radius 2 is 1.92 bits per heavy atom. The van der Waals surface area contributed by atoms with Gasteiger partial charge in [-0.1, -0.05) is 49.6 Å². The molecular weight excluding hydrogens is 312 g/mol. The van der Waals surface area contributed by atoms with Crippen LogP contribution < -0.4 is 5.32 Å². The Bertz CT molecular complexity index is 741. The van der Waals surface area contributed by atoms with Crippen molar-refractivity contribution in [2.24, 2.45) is 0 Å². The van der Waals surface area contributed by atoms with E-state index in [-0.39, 0.29) is 6.03 Å². The quantitative estimate of drug-likeness (QED) is 0.912. The van der Waals surface area contributed by atoms with Crippen molar-refractivity contribution in [1.82, 2.24) is 20.2 Å². The first-order valence-electron chi connectivity index (χ1n) is 9.25. The van der Waals surface area contributed by atoms with Crippen LogP contribution >= 0.6 is 0 Å². The molecule has 0 unspecified atom stereocenters. The minimum absolute atomic E-state index is 0.0599. The van der Waals surface area contributed by atoms with E-state index >= 15 is 0 Å². The lowest BCUT2D eigenvalue weighted by Gasteiger charge is -2.31. The monoisotopic (exact) mass is 336 g/mol. The lowest BCUT2D eigenvalue weighted by molar-refractivity contribution is 0.184. The highest BCUT2D eigenvalue weighted by Crippen LogP contribution is 2.22. The number of rotatable bonds is 2. The van der Waals surface area contributed by atoms with E-state index in [0.717, 1.165) is 48.5 Å². The van der Waals surface area contributed by atoms with Gasteiger partial charge in [0.15, 0.2) is 5.82 Å². The predicted molar refractivity (Wildman–Crippen MR) is 97.0 cm³/mol. The van der Waals surface area contributed by atoms with Crippen LogP contribution in [-0.2, 0) is 13.0 Å². The van der Waals surface area contributed by atoms with Gasteiger partial charge in [0.25, 0.3) is 0 Å². The molecule has 1 aliphatic carbocycles.